The number of nitrogens with zero attached hydrogens (tertiary/aromatic N) is 5. The van der Waals surface area contributed by atoms with E-state index in [2.05, 4.69) is 14.9 Å². The number of nitro benzene ring substituents is 1. The van der Waals surface area contributed by atoms with E-state index in [9.17, 15) is 10.1 Å². The Bertz CT molecular complexity index is 1010. The fourth-order valence-electron chi connectivity index (χ4n) is 3.39. The van der Waals surface area contributed by atoms with Crippen LogP contribution in [0.5, 0.6) is 5.75 Å². The number of benzene rings is 1. The van der Waals surface area contributed by atoms with E-state index in [1.54, 1.807) is 31.6 Å². The lowest BCUT2D eigenvalue weighted by molar-refractivity contribution is -0.385. The average molecular weight is 377 g/mol. The van der Waals surface area contributed by atoms with Crippen molar-refractivity contribution in [2.45, 2.75) is 19.5 Å². The van der Waals surface area contributed by atoms with Gasteiger partial charge in [0.25, 0.3) is 5.69 Å². The van der Waals surface area contributed by atoms with Crippen molar-refractivity contribution in [3.8, 4) is 17.1 Å². The predicted octanol–water partition coefficient (Wildman–Crippen LogP) is 3.01. The van der Waals surface area contributed by atoms with Gasteiger partial charge in [-0.05, 0) is 18.2 Å². The lowest BCUT2D eigenvalue weighted by Crippen LogP contribution is -2.31. The Balaban J connectivity index is 1.53. The number of pyridine rings is 1. The zero-order valence-electron chi connectivity index (χ0n) is 15.4. The van der Waals surface area contributed by atoms with Crippen molar-refractivity contribution in [1.82, 2.24) is 19.9 Å². The second-order valence-corrected chi connectivity index (χ2v) is 6.62. The van der Waals surface area contributed by atoms with Crippen LogP contribution in [0.1, 0.15) is 16.8 Å². The number of non-ortho nitro benzene ring substituents is 1. The molecule has 8 heteroatoms. The monoisotopic (exact) mass is 377 g/mol. The van der Waals surface area contributed by atoms with Gasteiger partial charge in [-0.1, -0.05) is 0 Å². The van der Waals surface area contributed by atoms with E-state index in [1.807, 2.05) is 18.3 Å². The Hall–Kier alpha value is -3.39. The van der Waals surface area contributed by atoms with Crippen LogP contribution in [-0.4, -0.2) is 38.4 Å². The number of rotatable bonds is 5. The highest BCUT2D eigenvalue weighted by Crippen LogP contribution is 2.27. The first-order chi connectivity index (χ1) is 13.6. The van der Waals surface area contributed by atoms with Crippen LogP contribution >= 0.6 is 0 Å². The second-order valence-electron chi connectivity index (χ2n) is 6.62. The largest absolute Gasteiger partial charge is 0.496 e. The highest BCUT2D eigenvalue weighted by Gasteiger charge is 2.21. The number of hydrogen-bond acceptors (Lipinski definition) is 7. The summed E-state index contributed by atoms with van der Waals surface area (Å²) < 4.78 is 5.38. The summed E-state index contributed by atoms with van der Waals surface area (Å²) in [4.78, 5) is 26.2. The number of methoxy groups -OCH3 is 1. The van der Waals surface area contributed by atoms with Crippen molar-refractivity contribution in [2.24, 2.45) is 0 Å². The van der Waals surface area contributed by atoms with Crippen LogP contribution in [0, 0.1) is 10.1 Å². The summed E-state index contributed by atoms with van der Waals surface area (Å²) in [5.74, 6) is 1.33. The van der Waals surface area contributed by atoms with Crippen LogP contribution in [0.25, 0.3) is 11.4 Å². The van der Waals surface area contributed by atoms with E-state index >= 15 is 0 Å². The lowest BCUT2D eigenvalue weighted by Gasteiger charge is -2.28. The first kappa shape index (κ1) is 18.0. The van der Waals surface area contributed by atoms with Gasteiger partial charge in [0, 0.05) is 73.5 Å². The van der Waals surface area contributed by atoms with Gasteiger partial charge in [0.2, 0.25) is 0 Å². The van der Waals surface area contributed by atoms with Crippen LogP contribution in [0.3, 0.4) is 0 Å². The molecule has 0 saturated carbocycles. The minimum Gasteiger partial charge on any atom is -0.496 e. The summed E-state index contributed by atoms with van der Waals surface area (Å²) in [6.07, 6.45) is 6.14. The highest BCUT2D eigenvalue weighted by molar-refractivity contribution is 5.53. The lowest BCUT2D eigenvalue weighted by atomic mass is 10.1. The maximum absolute atomic E-state index is 11.1. The molecule has 2 aromatic heterocycles. The van der Waals surface area contributed by atoms with Gasteiger partial charge in [-0.25, -0.2) is 9.97 Å². The minimum absolute atomic E-state index is 0.0673. The Morgan fingerprint density at radius 2 is 2.18 bits per heavy atom. The molecular formula is C20H19N5O3. The molecule has 0 spiro atoms. The van der Waals surface area contributed by atoms with Gasteiger partial charge >= 0.3 is 0 Å². The number of ether oxygens (including phenoxy) is 1. The van der Waals surface area contributed by atoms with Crippen LogP contribution in [-0.2, 0) is 19.5 Å². The van der Waals surface area contributed by atoms with E-state index in [0.717, 1.165) is 35.3 Å². The molecule has 0 radical (unpaired) electrons. The Kier molecular flexibility index (Phi) is 4.94. The molecule has 3 heterocycles. The van der Waals surface area contributed by atoms with Crippen LogP contribution in [0.2, 0.25) is 0 Å². The molecule has 0 bridgehead atoms. The van der Waals surface area contributed by atoms with Crippen molar-refractivity contribution >= 4 is 5.69 Å². The molecule has 4 rings (SSSR count). The minimum atomic E-state index is -0.387. The summed E-state index contributed by atoms with van der Waals surface area (Å²) in [7, 11) is 1.57. The normalized spacial score (nSPS) is 13.8. The summed E-state index contributed by atoms with van der Waals surface area (Å²) in [5.41, 5.74) is 3.87. The van der Waals surface area contributed by atoms with Gasteiger partial charge in [0.1, 0.15) is 5.75 Å². The molecule has 0 amide bonds. The van der Waals surface area contributed by atoms with Gasteiger partial charge in [-0.3, -0.25) is 20.0 Å². The second kappa shape index (κ2) is 7.69. The molecular weight excluding hydrogens is 358 g/mol. The zero-order valence-corrected chi connectivity index (χ0v) is 15.4. The molecule has 142 valence electrons. The Morgan fingerprint density at radius 1 is 1.29 bits per heavy atom. The molecule has 0 fully saturated rings. The van der Waals surface area contributed by atoms with Gasteiger partial charge in [-0.15, -0.1) is 0 Å². The number of aromatic nitrogens is 3. The first-order valence-electron chi connectivity index (χ1n) is 8.93. The molecule has 0 aliphatic carbocycles. The fourth-order valence-corrected chi connectivity index (χ4v) is 3.39. The van der Waals surface area contributed by atoms with Crippen LogP contribution in [0.4, 0.5) is 5.69 Å². The molecule has 0 N–H and O–H groups in total. The van der Waals surface area contributed by atoms with E-state index in [1.165, 1.54) is 6.07 Å². The third kappa shape index (κ3) is 3.67. The van der Waals surface area contributed by atoms with Gasteiger partial charge < -0.3 is 4.74 Å². The first-order valence-corrected chi connectivity index (χ1v) is 8.93. The van der Waals surface area contributed by atoms with E-state index in [4.69, 9.17) is 9.72 Å². The van der Waals surface area contributed by atoms with E-state index in [-0.39, 0.29) is 10.6 Å². The van der Waals surface area contributed by atoms with E-state index in [0.29, 0.717) is 24.7 Å². The van der Waals surface area contributed by atoms with Gasteiger partial charge in [-0.2, -0.15) is 0 Å². The van der Waals surface area contributed by atoms with Crippen molar-refractivity contribution in [3.63, 3.8) is 0 Å². The van der Waals surface area contributed by atoms with Gasteiger partial charge in [0.15, 0.2) is 5.82 Å². The SMILES string of the molecule is COc1ccc([N+](=O)[O-])cc1CN1CCc2nc(-c3cccnc3)ncc2C1. The molecule has 0 unspecified atom stereocenters. The van der Waals surface area contributed by atoms with Crippen molar-refractivity contribution in [3.05, 3.63) is 75.9 Å². The van der Waals surface area contributed by atoms with Crippen LogP contribution < -0.4 is 4.74 Å². The predicted molar refractivity (Wildman–Crippen MR) is 103 cm³/mol. The molecule has 8 nitrogen and oxygen atoms in total. The maximum Gasteiger partial charge on any atom is 0.270 e. The molecule has 1 aliphatic heterocycles. The van der Waals surface area contributed by atoms with Crippen molar-refractivity contribution in [2.75, 3.05) is 13.7 Å². The smallest absolute Gasteiger partial charge is 0.270 e. The maximum atomic E-state index is 11.1. The third-order valence-corrected chi connectivity index (χ3v) is 4.80. The number of fused-ring (bicyclic) bond motifs is 1. The Morgan fingerprint density at radius 3 is 2.93 bits per heavy atom. The molecule has 28 heavy (non-hydrogen) atoms. The molecule has 1 aliphatic rings. The summed E-state index contributed by atoms with van der Waals surface area (Å²) in [6, 6.07) is 8.50. The van der Waals surface area contributed by atoms with E-state index < -0.39 is 0 Å². The highest BCUT2D eigenvalue weighted by atomic mass is 16.6. The third-order valence-electron chi connectivity index (χ3n) is 4.80. The summed E-state index contributed by atoms with van der Waals surface area (Å²) >= 11 is 0. The quantitative estimate of drug-likeness (QED) is 0.498. The summed E-state index contributed by atoms with van der Waals surface area (Å²) in [6.45, 7) is 2.06. The fraction of sp³-hybridized carbons (Fsp3) is 0.250. The van der Waals surface area contributed by atoms with Crippen molar-refractivity contribution < 1.29 is 9.66 Å². The Labute approximate surface area is 162 Å². The summed E-state index contributed by atoms with van der Waals surface area (Å²) in [5, 5.41) is 11.1. The average Bonchev–Trinajstić information content (AvgIpc) is 2.74. The molecule has 0 atom stereocenters. The standard InChI is InChI=1S/C20H19N5O3/c1-28-19-5-4-17(25(26)27)9-15(19)12-24-8-6-18-16(13-24)11-22-20(23-18)14-3-2-7-21-10-14/h2-5,7,9-11H,6,8,12-13H2,1H3. The van der Waals surface area contributed by atoms with Crippen molar-refractivity contribution in [1.29, 1.82) is 0 Å². The molecule has 3 aromatic rings. The molecule has 1 aromatic carbocycles. The zero-order chi connectivity index (χ0) is 19.5. The number of hydrogen-bond donors (Lipinski definition) is 0. The number of nitro groups is 1. The van der Waals surface area contributed by atoms with Crippen LogP contribution in [0.15, 0.2) is 48.9 Å². The topological polar surface area (TPSA) is 94.3 Å². The molecule has 0 saturated heterocycles. The van der Waals surface area contributed by atoms with Gasteiger partial charge in [0.05, 0.1) is 17.7 Å².